The molecule has 10 heteroatoms. The van der Waals surface area contributed by atoms with Gasteiger partial charge >= 0.3 is 6.03 Å². The number of aryl methyl sites for hydroxylation is 1. The maximum Gasteiger partial charge on any atom is 0.331 e. The highest BCUT2D eigenvalue weighted by Gasteiger charge is 2.34. The van der Waals surface area contributed by atoms with Gasteiger partial charge in [-0.3, -0.25) is 9.69 Å². The van der Waals surface area contributed by atoms with E-state index >= 15 is 0 Å². The van der Waals surface area contributed by atoms with E-state index in [2.05, 4.69) is 27.0 Å². The number of hydrogen-bond acceptors (Lipinski definition) is 7. The lowest BCUT2D eigenvalue weighted by molar-refractivity contribution is 0.0929. The molecule has 0 atom stereocenters. The van der Waals surface area contributed by atoms with Crippen molar-refractivity contribution in [3.05, 3.63) is 83.4 Å². The van der Waals surface area contributed by atoms with E-state index in [-0.39, 0.29) is 18.0 Å². The van der Waals surface area contributed by atoms with Crippen LogP contribution in [0.5, 0.6) is 11.5 Å². The molecule has 5 N–H and O–H groups in total. The minimum Gasteiger partial charge on any atom is -0.457 e. The number of urea groups is 1. The van der Waals surface area contributed by atoms with E-state index in [1.54, 1.807) is 11.1 Å². The van der Waals surface area contributed by atoms with Gasteiger partial charge in [0.25, 0.3) is 5.91 Å². The number of nitrogens with zero attached hydrogens (tertiary/aromatic N) is 2. The highest BCUT2D eigenvalue weighted by atomic mass is 32.1. The van der Waals surface area contributed by atoms with Gasteiger partial charge in [-0.1, -0.05) is 30.4 Å². The summed E-state index contributed by atoms with van der Waals surface area (Å²) in [5, 5.41) is 10.5. The van der Waals surface area contributed by atoms with Crippen LogP contribution in [0.15, 0.2) is 72.9 Å². The second-order valence-corrected chi connectivity index (χ2v) is 11.6. The van der Waals surface area contributed by atoms with E-state index in [4.69, 9.17) is 10.5 Å². The molecule has 2 aromatic heterocycles. The number of amides is 3. The van der Waals surface area contributed by atoms with Crippen molar-refractivity contribution >= 4 is 50.6 Å². The second kappa shape index (κ2) is 12.3. The average molecular weight is 583 g/mol. The van der Waals surface area contributed by atoms with Crippen LogP contribution in [0.3, 0.4) is 0 Å². The molecule has 9 nitrogen and oxygen atoms in total. The van der Waals surface area contributed by atoms with Crippen molar-refractivity contribution in [2.24, 2.45) is 5.73 Å². The fourth-order valence-electron chi connectivity index (χ4n) is 5.66. The number of carbonyl (C=O) groups excluding carboxylic acids is 2. The Labute approximate surface area is 248 Å². The lowest BCUT2D eigenvalue weighted by atomic mass is 9.91. The number of nitrogens with one attached hydrogen (secondary N) is 3. The molecule has 42 heavy (non-hydrogen) atoms. The Hall–Kier alpha value is -4.25. The molecule has 0 radical (unpaired) electrons. The molecule has 4 aromatic rings. The number of benzene rings is 2. The summed E-state index contributed by atoms with van der Waals surface area (Å²) in [6, 6.07) is 17.2. The number of para-hydroxylation sites is 1. The summed E-state index contributed by atoms with van der Waals surface area (Å²) in [5.74, 6) is 1.25. The van der Waals surface area contributed by atoms with Crippen molar-refractivity contribution in [3.63, 3.8) is 0 Å². The molecule has 0 spiro atoms. The molecular weight excluding hydrogens is 548 g/mol. The zero-order chi connectivity index (χ0) is 29.1. The molecule has 216 valence electrons. The first-order valence-corrected chi connectivity index (χ1v) is 15.1. The zero-order valence-electron chi connectivity index (χ0n) is 23.4. The Morgan fingerprint density at radius 1 is 1.07 bits per heavy atom. The first-order chi connectivity index (χ1) is 20.5. The van der Waals surface area contributed by atoms with Crippen LogP contribution in [-0.4, -0.2) is 42.1 Å². The van der Waals surface area contributed by atoms with Gasteiger partial charge in [0.1, 0.15) is 21.2 Å². The Kier molecular flexibility index (Phi) is 8.18. The topological polar surface area (TPSA) is 122 Å². The highest BCUT2D eigenvalue weighted by Crippen LogP contribution is 2.46. The van der Waals surface area contributed by atoms with Gasteiger partial charge in [0.05, 0.1) is 22.4 Å². The number of rotatable bonds is 9. The Bertz CT molecular complexity index is 1630. The third-order valence-electron chi connectivity index (χ3n) is 7.73. The summed E-state index contributed by atoms with van der Waals surface area (Å²) in [6.45, 7) is 3.30. The maximum atomic E-state index is 13.6. The molecule has 0 bridgehead atoms. The van der Waals surface area contributed by atoms with E-state index in [1.165, 1.54) is 11.3 Å². The number of anilines is 3. The molecule has 3 amide bonds. The molecular formula is C32H34N6O3S. The molecule has 2 aliphatic rings. The number of pyridine rings is 1. The number of hydrogen-bond donors (Lipinski definition) is 4. The standard InChI is InChI=1S/C32H34N6O3S/c1-20-19-24(41-23-7-3-2-4-8-23)13-14-25(20)38-26-15-18-35-31-27(26)28(37-32(38)40)29(42-31)30(39)36-22-11-9-21(10-12-22)34-17-6-5-16-33/h2-8,13-15,18-19,21-22,34H,9-12,16-17,33H2,1H3,(H,36,39)(H,37,40)/b6-5+. The first-order valence-electron chi connectivity index (χ1n) is 14.3. The zero-order valence-corrected chi connectivity index (χ0v) is 24.2. The predicted molar refractivity (Wildman–Crippen MR) is 168 cm³/mol. The molecule has 1 saturated carbocycles. The van der Waals surface area contributed by atoms with E-state index in [1.807, 2.05) is 67.6 Å². The average Bonchev–Trinajstić information content (AvgIpc) is 3.37. The molecule has 1 aliphatic heterocycles. The van der Waals surface area contributed by atoms with Gasteiger partial charge in [-0.25, -0.2) is 9.78 Å². The highest BCUT2D eigenvalue weighted by molar-refractivity contribution is 7.21. The minimum atomic E-state index is -0.322. The van der Waals surface area contributed by atoms with Crippen LogP contribution < -0.4 is 31.3 Å². The van der Waals surface area contributed by atoms with Crippen molar-refractivity contribution in [1.82, 2.24) is 15.6 Å². The van der Waals surface area contributed by atoms with Crippen molar-refractivity contribution in [3.8, 4) is 11.5 Å². The van der Waals surface area contributed by atoms with Gasteiger partial charge < -0.3 is 26.4 Å². The van der Waals surface area contributed by atoms with Crippen LogP contribution in [0.1, 0.15) is 40.9 Å². The number of carbonyl (C=O) groups is 2. The van der Waals surface area contributed by atoms with E-state index in [0.29, 0.717) is 39.4 Å². The molecule has 0 unspecified atom stereocenters. The van der Waals surface area contributed by atoms with Crippen molar-refractivity contribution in [2.75, 3.05) is 23.3 Å². The van der Waals surface area contributed by atoms with Crippen LogP contribution in [-0.2, 0) is 0 Å². The van der Waals surface area contributed by atoms with E-state index in [0.717, 1.165) is 54.6 Å². The minimum absolute atomic E-state index is 0.0926. The lowest BCUT2D eigenvalue weighted by Crippen LogP contribution is -2.42. The summed E-state index contributed by atoms with van der Waals surface area (Å²) < 4.78 is 5.98. The smallest absolute Gasteiger partial charge is 0.331 e. The molecule has 1 fully saturated rings. The van der Waals surface area contributed by atoms with E-state index < -0.39 is 0 Å². The van der Waals surface area contributed by atoms with Gasteiger partial charge in [0, 0.05) is 31.4 Å². The van der Waals surface area contributed by atoms with Crippen molar-refractivity contribution < 1.29 is 14.3 Å². The molecule has 1 aliphatic carbocycles. The van der Waals surface area contributed by atoms with Gasteiger partial charge in [-0.05, 0) is 74.6 Å². The first kappa shape index (κ1) is 27.9. The summed E-state index contributed by atoms with van der Waals surface area (Å²) in [6.07, 6.45) is 9.47. The maximum absolute atomic E-state index is 13.6. The summed E-state index contributed by atoms with van der Waals surface area (Å²) in [4.78, 5) is 34.4. The number of thiophene rings is 1. The molecule has 0 saturated heterocycles. The lowest BCUT2D eigenvalue weighted by Gasteiger charge is -2.30. The molecule has 3 heterocycles. The van der Waals surface area contributed by atoms with Crippen LogP contribution in [0.4, 0.5) is 21.9 Å². The fraction of sp³-hybridized carbons (Fsp3) is 0.281. The van der Waals surface area contributed by atoms with Crippen LogP contribution in [0.2, 0.25) is 0 Å². The van der Waals surface area contributed by atoms with Crippen LogP contribution in [0.25, 0.3) is 10.2 Å². The third-order valence-corrected chi connectivity index (χ3v) is 8.83. The third kappa shape index (κ3) is 5.74. The molecule has 6 rings (SSSR count). The Morgan fingerprint density at radius 2 is 1.86 bits per heavy atom. The Morgan fingerprint density at radius 3 is 2.62 bits per heavy atom. The number of aromatic nitrogens is 1. The Balaban J connectivity index is 1.20. The second-order valence-electron chi connectivity index (χ2n) is 10.6. The van der Waals surface area contributed by atoms with E-state index in [9.17, 15) is 9.59 Å². The van der Waals surface area contributed by atoms with Crippen molar-refractivity contribution in [1.29, 1.82) is 0 Å². The predicted octanol–water partition coefficient (Wildman–Crippen LogP) is 6.23. The summed E-state index contributed by atoms with van der Waals surface area (Å²) >= 11 is 1.31. The van der Waals surface area contributed by atoms with Crippen LogP contribution in [0, 0.1) is 6.92 Å². The number of nitrogens with two attached hydrogens (primary N) is 1. The molecule has 2 aromatic carbocycles. The normalized spacial score (nSPS) is 18.3. The summed E-state index contributed by atoms with van der Waals surface area (Å²) in [5.41, 5.74) is 8.33. The van der Waals surface area contributed by atoms with Gasteiger partial charge in [0.15, 0.2) is 0 Å². The summed E-state index contributed by atoms with van der Waals surface area (Å²) in [7, 11) is 0. The largest absolute Gasteiger partial charge is 0.457 e. The SMILES string of the molecule is Cc1cc(Oc2ccccc2)ccc1N1C(=O)Nc2c(C(=O)NC3CCC(NC/C=C/CN)CC3)sc3nccc1c23. The van der Waals surface area contributed by atoms with Crippen molar-refractivity contribution in [2.45, 2.75) is 44.7 Å². The van der Waals surface area contributed by atoms with Gasteiger partial charge in [-0.15, -0.1) is 11.3 Å². The van der Waals surface area contributed by atoms with Gasteiger partial charge in [-0.2, -0.15) is 0 Å². The fourth-order valence-corrected chi connectivity index (χ4v) is 6.68. The van der Waals surface area contributed by atoms with Crippen LogP contribution >= 0.6 is 11.3 Å². The van der Waals surface area contributed by atoms with Gasteiger partial charge in [0.2, 0.25) is 0 Å². The quantitative estimate of drug-likeness (QED) is 0.174. The number of ether oxygens (including phenoxy) is 1. The monoisotopic (exact) mass is 582 g/mol.